The second-order valence-corrected chi connectivity index (χ2v) is 7.17. The highest BCUT2D eigenvalue weighted by Crippen LogP contribution is 2.30. The van der Waals surface area contributed by atoms with Crippen molar-refractivity contribution in [3.8, 4) is 0 Å². The lowest BCUT2D eigenvalue weighted by molar-refractivity contribution is -0.117. The van der Waals surface area contributed by atoms with Gasteiger partial charge >= 0.3 is 0 Å². The third-order valence-corrected chi connectivity index (χ3v) is 5.02. The number of benzene rings is 2. The van der Waals surface area contributed by atoms with Gasteiger partial charge in [-0.2, -0.15) is 0 Å². The fourth-order valence-corrected chi connectivity index (χ4v) is 3.59. The molecular formula is C22H20FN3O2S. The molecule has 0 aliphatic rings. The molecule has 2 aromatic carbocycles. The number of rotatable bonds is 6. The summed E-state index contributed by atoms with van der Waals surface area (Å²) in [4.78, 5) is 29.8. The van der Waals surface area contributed by atoms with Crippen LogP contribution in [0, 0.1) is 5.82 Å². The van der Waals surface area contributed by atoms with Gasteiger partial charge < -0.3 is 5.32 Å². The molecule has 1 heterocycles. The normalized spacial score (nSPS) is 12.0. The number of nitrogens with zero attached hydrogens (tertiary/aromatic N) is 2. The molecule has 0 saturated heterocycles. The lowest BCUT2D eigenvalue weighted by Gasteiger charge is -2.18. The number of hydrogen-bond acceptors (Lipinski definition) is 4. The molecule has 0 saturated carbocycles. The van der Waals surface area contributed by atoms with Crippen LogP contribution in [0.1, 0.15) is 31.1 Å². The van der Waals surface area contributed by atoms with Gasteiger partial charge in [-0.3, -0.25) is 14.5 Å². The number of carbonyl (C=O) groups is 2. The van der Waals surface area contributed by atoms with Crippen molar-refractivity contribution in [1.82, 2.24) is 10.3 Å². The number of halogens is 1. The van der Waals surface area contributed by atoms with Crippen molar-refractivity contribution in [2.45, 2.75) is 19.9 Å². The van der Waals surface area contributed by atoms with Gasteiger partial charge in [-0.25, -0.2) is 9.37 Å². The molecule has 2 amide bonds. The topological polar surface area (TPSA) is 62.3 Å². The third-order valence-electron chi connectivity index (χ3n) is 4.17. The van der Waals surface area contributed by atoms with Crippen LogP contribution < -0.4 is 10.2 Å². The summed E-state index contributed by atoms with van der Waals surface area (Å²) >= 11 is 1.20. The standard InChI is InChI=1S/C22H20FN3O2S/c1-15(17-8-4-3-5-9-17)24-21(28)13-12-18-14-29-22(25-18)26(16(2)27)20-11-7-6-10-19(20)23/h3-15H,1-2H3,(H,24,28)/b13-12+. The van der Waals surface area contributed by atoms with Gasteiger partial charge in [-0.1, -0.05) is 42.5 Å². The average Bonchev–Trinajstić information content (AvgIpc) is 3.17. The minimum Gasteiger partial charge on any atom is -0.346 e. The van der Waals surface area contributed by atoms with Crippen molar-refractivity contribution in [2.75, 3.05) is 4.90 Å². The fraction of sp³-hybridized carbons (Fsp3) is 0.136. The number of hydrogen-bond donors (Lipinski definition) is 1. The predicted molar refractivity (Wildman–Crippen MR) is 113 cm³/mol. The first-order valence-corrected chi connectivity index (χ1v) is 9.88. The first-order chi connectivity index (χ1) is 14.0. The third kappa shape index (κ3) is 5.14. The summed E-state index contributed by atoms with van der Waals surface area (Å²) in [6, 6.07) is 15.5. The summed E-state index contributed by atoms with van der Waals surface area (Å²) in [6.45, 7) is 3.25. The molecule has 1 aromatic heterocycles. The van der Waals surface area contributed by atoms with E-state index in [9.17, 15) is 14.0 Å². The zero-order valence-corrected chi connectivity index (χ0v) is 16.8. The molecule has 0 spiro atoms. The molecule has 0 fully saturated rings. The van der Waals surface area contributed by atoms with E-state index in [0.29, 0.717) is 10.8 Å². The number of anilines is 2. The maximum Gasteiger partial charge on any atom is 0.244 e. The lowest BCUT2D eigenvalue weighted by Crippen LogP contribution is -2.24. The summed E-state index contributed by atoms with van der Waals surface area (Å²) in [5.74, 6) is -1.12. The smallest absolute Gasteiger partial charge is 0.244 e. The van der Waals surface area contributed by atoms with E-state index in [-0.39, 0.29) is 23.5 Å². The molecule has 29 heavy (non-hydrogen) atoms. The quantitative estimate of drug-likeness (QED) is 0.592. The van der Waals surface area contributed by atoms with E-state index < -0.39 is 5.82 Å². The average molecular weight is 409 g/mol. The molecular weight excluding hydrogens is 389 g/mol. The number of aromatic nitrogens is 1. The Morgan fingerprint density at radius 1 is 1.14 bits per heavy atom. The number of nitrogens with one attached hydrogen (secondary N) is 1. The van der Waals surface area contributed by atoms with Crippen molar-refractivity contribution in [3.05, 3.63) is 83.1 Å². The zero-order valence-electron chi connectivity index (χ0n) is 16.0. The molecule has 0 aliphatic heterocycles. The van der Waals surface area contributed by atoms with Crippen molar-refractivity contribution < 1.29 is 14.0 Å². The fourth-order valence-electron chi connectivity index (χ4n) is 2.74. The van der Waals surface area contributed by atoms with Crippen molar-refractivity contribution in [1.29, 1.82) is 0 Å². The molecule has 7 heteroatoms. The van der Waals surface area contributed by atoms with E-state index in [4.69, 9.17) is 0 Å². The molecule has 0 bridgehead atoms. The van der Waals surface area contributed by atoms with E-state index in [1.807, 2.05) is 37.3 Å². The highest BCUT2D eigenvalue weighted by Gasteiger charge is 2.20. The maximum absolute atomic E-state index is 14.1. The van der Waals surface area contributed by atoms with E-state index in [0.717, 1.165) is 5.56 Å². The Labute approximate surface area is 172 Å². The van der Waals surface area contributed by atoms with Crippen LogP contribution in [-0.2, 0) is 9.59 Å². The second kappa shape index (κ2) is 9.25. The highest BCUT2D eigenvalue weighted by atomic mass is 32.1. The Hall–Kier alpha value is -3.32. The van der Waals surface area contributed by atoms with Crippen LogP contribution in [0.5, 0.6) is 0 Å². The van der Waals surface area contributed by atoms with Crippen molar-refractivity contribution in [2.24, 2.45) is 0 Å². The van der Waals surface area contributed by atoms with Crippen LogP contribution in [0.2, 0.25) is 0 Å². The molecule has 1 atom stereocenters. The lowest BCUT2D eigenvalue weighted by atomic mass is 10.1. The van der Waals surface area contributed by atoms with E-state index in [1.54, 1.807) is 23.6 Å². The van der Waals surface area contributed by atoms with Gasteiger partial charge in [0.05, 0.1) is 17.4 Å². The summed E-state index contributed by atoms with van der Waals surface area (Å²) in [7, 11) is 0. The van der Waals surface area contributed by atoms with Gasteiger partial charge in [0.1, 0.15) is 5.82 Å². The van der Waals surface area contributed by atoms with Gasteiger partial charge in [0.25, 0.3) is 0 Å². The highest BCUT2D eigenvalue weighted by molar-refractivity contribution is 7.14. The van der Waals surface area contributed by atoms with E-state index in [1.165, 1.54) is 41.4 Å². The van der Waals surface area contributed by atoms with Crippen molar-refractivity contribution in [3.63, 3.8) is 0 Å². The summed E-state index contributed by atoms with van der Waals surface area (Å²) < 4.78 is 14.1. The zero-order chi connectivity index (χ0) is 20.8. The number of carbonyl (C=O) groups excluding carboxylic acids is 2. The molecule has 1 unspecified atom stereocenters. The van der Waals surface area contributed by atoms with Gasteiger partial charge in [-0.05, 0) is 30.7 Å². The monoisotopic (exact) mass is 409 g/mol. The number of para-hydroxylation sites is 1. The van der Waals surface area contributed by atoms with E-state index in [2.05, 4.69) is 10.3 Å². The van der Waals surface area contributed by atoms with Crippen LogP contribution in [0.15, 0.2) is 66.1 Å². The Morgan fingerprint density at radius 2 is 1.83 bits per heavy atom. The minimum atomic E-state index is -0.510. The minimum absolute atomic E-state index is 0.131. The van der Waals surface area contributed by atoms with Crippen LogP contribution in [0.4, 0.5) is 15.2 Å². The maximum atomic E-state index is 14.1. The largest absolute Gasteiger partial charge is 0.346 e. The molecule has 0 aliphatic carbocycles. The summed E-state index contributed by atoms with van der Waals surface area (Å²) in [5.41, 5.74) is 1.65. The van der Waals surface area contributed by atoms with Gasteiger partial charge in [0, 0.05) is 18.4 Å². The molecule has 3 rings (SSSR count). The summed E-state index contributed by atoms with van der Waals surface area (Å²) in [6.07, 6.45) is 2.95. The Balaban J connectivity index is 1.71. The first-order valence-electron chi connectivity index (χ1n) is 9.00. The van der Waals surface area contributed by atoms with Crippen LogP contribution in [-0.4, -0.2) is 16.8 Å². The van der Waals surface area contributed by atoms with Crippen LogP contribution >= 0.6 is 11.3 Å². The van der Waals surface area contributed by atoms with Gasteiger partial charge in [0.2, 0.25) is 11.8 Å². The molecule has 0 radical (unpaired) electrons. The number of amides is 2. The molecule has 3 aromatic rings. The summed E-state index contributed by atoms with van der Waals surface area (Å²) in [5, 5.41) is 4.92. The van der Waals surface area contributed by atoms with E-state index >= 15 is 0 Å². The van der Waals surface area contributed by atoms with Crippen LogP contribution in [0.25, 0.3) is 6.08 Å². The molecule has 5 nitrogen and oxygen atoms in total. The molecule has 1 N–H and O–H groups in total. The SMILES string of the molecule is CC(=O)N(c1nc(/C=C/C(=O)NC(C)c2ccccc2)cs1)c1ccccc1F. The Bertz CT molecular complexity index is 1030. The first kappa shape index (κ1) is 20.4. The van der Waals surface area contributed by atoms with Crippen LogP contribution in [0.3, 0.4) is 0 Å². The van der Waals surface area contributed by atoms with Crippen molar-refractivity contribution >= 4 is 40.0 Å². The van der Waals surface area contributed by atoms with Gasteiger partial charge in [-0.15, -0.1) is 11.3 Å². The second-order valence-electron chi connectivity index (χ2n) is 6.34. The predicted octanol–water partition coefficient (Wildman–Crippen LogP) is 4.86. The van der Waals surface area contributed by atoms with Gasteiger partial charge in [0.15, 0.2) is 5.13 Å². The Kier molecular flexibility index (Phi) is 6.51. The number of thiazole rings is 1. The molecule has 148 valence electrons. The Morgan fingerprint density at radius 3 is 2.52 bits per heavy atom.